The second-order valence-electron chi connectivity index (χ2n) is 5.12. The number of carboxylic acid groups (broad SMARTS) is 1. The molecule has 1 aliphatic rings. The Balaban J connectivity index is 2.23. The number of nitro groups is 1. The minimum Gasteiger partial charge on any atom is -0.481 e. The Morgan fingerprint density at radius 3 is 2.65 bits per heavy atom. The van der Waals surface area contributed by atoms with E-state index in [-0.39, 0.29) is 11.6 Å². The Kier molecular flexibility index (Phi) is 3.65. The lowest BCUT2D eigenvalue weighted by atomic mass is 9.87. The van der Waals surface area contributed by atoms with E-state index in [1.54, 1.807) is 18.5 Å². The van der Waals surface area contributed by atoms with Crippen molar-refractivity contribution < 1.29 is 14.8 Å². The van der Waals surface area contributed by atoms with Crippen molar-refractivity contribution in [1.82, 2.24) is 9.78 Å². The summed E-state index contributed by atoms with van der Waals surface area (Å²) in [5.41, 5.74) is 0.412. The summed E-state index contributed by atoms with van der Waals surface area (Å²) in [5, 5.41) is 24.3. The Morgan fingerprint density at radius 1 is 1.60 bits per heavy atom. The van der Waals surface area contributed by atoms with E-state index in [1.807, 2.05) is 11.8 Å². The number of carbonyl (C=O) groups is 1. The summed E-state index contributed by atoms with van der Waals surface area (Å²) in [6, 6.07) is 0. The van der Waals surface area contributed by atoms with E-state index in [1.165, 1.54) is 0 Å². The minimum atomic E-state index is -0.829. The molecule has 1 unspecified atom stereocenters. The van der Waals surface area contributed by atoms with Gasteiger partial charge >= 0.3 is 11.7 Å². The first-order valence-electron chi connectivity index (χ1n) is 6.56. The van der Waals surface area contributed by atoms with Crippen LogP contribution in [-0.2, 0) is 11.3 Å². The van der Waals surface area contributed by atoms with E-state index in [0.717, 1.165) is 0 Å². The van der Waals surface area contributed by atoms with Gasteiger partial charge in [-0.25, -0.2) is 4.68 Å². The Labute approximate surface area is 116 Å². The summed E-state index contributed by atoms with van der Waals surface area (Å²) in [5.74, 6) is -0.759. The maximum atomic E-state index is 11.2. The van der Waals surface area contributed by atoms with Gasteiger partial charge in [0.25, 0.3) is 0 Å². The van der Waals surface area contributed by atoms with E-state index in [9.17, 15) is 14.9 Å². The van der Waals surface area contributed by atoms with Crippen LogP contribution in [0.25, 0.3) is 0 Å². The Hall–Kier alpha value is -2.12. The SMILES string of the molecule is CCn1nc(C)c([N+](=O)[O-])c1N1CC(C(C)C(=O)O)C1. The molecule has 1 fully saturated rings. The fourth-order valence-corrected chi connectivity index (χ4v) is 2.51. The molecule has 0 aliphatic carbocycles. The monoisotopic (exact) mass is 282 g/mol. The first kappa shape index (κ1) is 14.3. The van der Waals surface area contributed by atoms with Crippen LogP contribution in [0.1, 0.15) is 19.5 Å². The number of hydrogen-bond donors (Lipinski definition) is 1. The number of hydrogen-bond acceptors (Lipinski definition) is 5. The van der Waals surface area contributed by atoms with Crippen molar-refractivity contribution in [3.8, 4) is 0 Å². The maximum absolute atomic E-state index is 11.2. The Morgan fingerprint density at radius 2 is 2.20 bits per heavy atom. The molecular weight excluding hydrogens is 264 g/mol. The predicted molar refractivity (Wildman–Crippen MR) is 71.8 cm³/mol. The van der Waals surface area contributed by atoms with Crippen molar-refractivity contribution >= 4 is 17.5 Å². The van der Waals surface area contributed by atoms with Gasteiger partial charge in [-0.05, 0) is 13.8 Å². The normalized spacial score (nSPS) is 16.9. The summed E-state index contributed by atoms with van der Waals surface area (Å²) in [4.78, 5) is 23.5. The lowest BCUT2D eigenvalue weighted by Crippen LogP contribution is -2.52. The molecule has 1 saturated heterocycles. The van der Waals surface area contributed by atoms with E-state index in [2.05, 4.69) is 5.10 Å². The van der Waals surface area contributed by atoms with Crippen LogP contribution in [0.3, 0.4) is 0 Å². The molecule has 1 aromatic rings. The van der Waals surface area contributed by atoms with Crippen LogP contribution < -0.4 is 4.90 Å². The fourth-order valence-electron chi connectivity index (χ4n) is 2.51. The van der Waals surface area contributed by atoms with Crippen molar-refractivity contribution in [3.05, 3.63) is 15.8 Å². The third kappa shape index (κ3) is 2.21. The van der Waals surface area contributed by atoms with Gasteiger partial charge in [0.2, 0.25) is 5.82 Å². The van der Waals surface area contributed by atoms with Gasteiger partial charge in [-0.3, -0.25) is 14.9 Å². The lowest BCUT2D eigenvalue weighted by molar-refractivity contribution is -0.384. The number of nitrogens with zero attached hydrogens (tertiary/aromatic N) is 4. The molecule has 2 heterocycles. The van der Waals surface area contributed by atoms with Crippen LogP contribution in [0.4, 0.5) is 11.5 Å². The molecule has 110 valence electrons. The first-order valence-corrected chi connectivity index (χ1v) is 6.56. The molecule has 0 amide bonds. The molecule has 1 aromatic heterocycles. The number of anilines is 1. The van der Waals surface area contributed by atoms with E-state index >= 15 is 0 Å². The van der Waals surface area contributed by atoms with Gasteiger partial charge in [0.1, 0.15) is 5.69 Å². The van der Waals surface area contributed by atoms with Crippen molar-refractivity contribution in [3.63, 3.8) is 0 Å². The largest absolute Gasteiger partial charge is 0.481 e. The lowest BCUT2D eigenvalue weighted by Gasteiger charge is -2.42. The zero-order valence-corrected chi connectivity index (χ0v) is 11.7. The van der Waals surface area contributed by atoms with Crippen LogP contribution in [0.15, 0.2) is 0 Å². The van der Waals surface area contributed by atoms with Crippen LogP contribution in [0.5, 0.6) is 0 Å². The van der Waals surface area contributed by atoms with Crippen LogP contribution in [0, 0.1) is 28.9 Å². The molecule has 0 aromatic carbocycles. The topological polar surface area (TPSA) is 101 Å². The summed E-state index contributed by atoms with van der Waals surface area (Å²) in [6.45, 7) is 6.72. The molecule has 1 atom stereocenters. The molecule has 1 aliphatic heterocycles. The highest BCUT2D eigenvalue weighted by atomic mass is 16.6. The van der Waals surface area contributed by atoms with Crippen LogP contribution >= 0.6 is 0 Å². The molecule has 0 radical (unpaired) electrons. The molecule has 2 rings (SSSR count). The molecular formula is C12H18N4O4. The number of aromatic nitrogens is 2. The summed E-state index contributed by atoms with van der Waals surface area (Å²) in [7, 11) is 0. The van der Waals surface area contributed by atoms with E-state index in [0.29, 0.717) is 31.1 Å². The summed E-state index contributed by atoms with van der Waals surface area (Å²) >= 11 is 0. The maximum Gasteiger partial charge on any atom is 0.333 e. The van der Waals surface area contributed by atoms with Gasteiger partial charge in [0.05, 0.1) is 10.8 Å². The van der Waals surface area contributed by atoms with Crippen molar-refractivity contribution in [2.45, 2.75) is 27.3 Å². The molecule has 8 heteroatoms. The van der Waals surface area contributed by atoms with Crippen molar-refractivity contribution in [2.75, 3.05) is 18.0 Å². The highest BCUT2D eigenvalue weighted by molar-refractivity contribution is 5.71. The number of carboxylic acids is 1. The average molecular weight is 282 g/mol. The van der Waals surface area contributed by atoms with Gasteiger partial charge in [-0.2, -0.15) is 5.10 Å². The third-order valence-electron chi connectivity index (χ3n) is 3.86. The van der Waals surface area contributed by atoms with Crippen LogP contribution in [0.2, 0.25) is 0 Å². The number of rotatable bonds is 5. The first-order chi connectivity index (χ1) is 9.36. The minimum absolute atomic E-state index is 0.0209. The highest BCUT2D eigenvalue weighted by Crippen LogP contribution is 2.37. The van der Waals surface area contributed by atoms with Gasteiger partial charge < -0.3 is 10.0 Å². The molecule has 20 heavy (non-hydrogen) atoms. The number of aliphatic carboxylic acids is 1. The Bertz CT molecular complexity index is 548. The molecule has 8 nitrogen and oxygen atoms in total. The third-order valence-corrected chi connectivity index (χ3v) is 3.86. The average Bonchev–Trinajstić information content (AvgIpc) is 2.64. The second-order valence-corrected chi connectivity index (χ2v) is 5.12. The van der Waals surface area contributed by atoms with E-state index in [4.69, 9.17) is 5.11 Å². The highest BCUT2D eigenvalue weighted by Gasteiger charge is 2.40. The molecule has 1 N–H and O–H groups in total. The summed E-state index contributed by atoms with van der Waals surface area (Å²) in [6.07, 6.45) is 0. The standard InChI is InChI=1S/C12H18N4O4/c1-4-15-11(10(16(19)20)8(3)13-15)14-5-9(6-14)7(2)12(17)18/h7,9H,4-6H2,1-3H3,(H,17,18). The van der Waals surface area contributed by atoms with Gasteiger partial charge in [0, 0.05) is 25.6 Å². The van der Waals surface area contributed by atoms with Crippen molar-refractivity contribution in [1.29, 1.82) is 0 Å². The smallest absolute Gasteiger partial charge is 0.333 e. The zero-order chi connectivity index (χ0) is 15.0. The van der Waals surface area contributed by atoms with Gasteiger partial charge in [0.15, 0.2) is 0 Å². The predicted octanol–water partition coefficient (Wildman–Crippen LogP) is 1.28. The molecule has 0 spiro atoms. The van der Waals surface area contributed by atoms with Crippen LogP contribution in [-0.4, -0.2) is 38.9 Å². The molecule has 0 saturated carbocycles. The molecule has 0 bridgehead atoms. The summed E-state index contributed by atoms with van der Waals surface area (Å²) < 4.78 is 1.61. The van der Waals surface area contributed by atoms with E-state index < -0.39 is 16.8 Å². The zero-order valence-electron chi connectivity index (χ0n) is 11.7. The second kappa shape index (κ2) is 5.10. The van der Waals surface area contributed by atoms with Crippen molar-refractivity contribution in [2.24, 2.45) is 11.8 Å². The van der Waals surface area contributed by atoms with Gasteiger partial charge in [-0.15, -0.1) is 0 Å². The number of aryl methyl sites for hydroxylation is 2. The quantitative estimate of drug-likeness (QED) is 0.644. The van der Waals surface area contributed by atoms with Gasteiger partial charge in [-0.1, -0.05) is 6.92 Å². The fraction of sp³-hybridized carbons (Fsp3) is 0.667.